The highest BCUT2D eigenvalue weighted by molar-refractivity contribution is 7.22. The molecule has 2 aliphatic rings. The summed E-state index contributed by atoms with van der Waals surface area (Å²) >= 11 is 1.59. The molecule has 0 atom stereocenters. The van der Waals surface area contributed by atoms with Crippen LogP contribution in [-0.4, -0.2) is 62.0 Å². The summed E-state index contributed by atoms with van der Waals surface area (Å²) in [5, 5.41) is 0.766. The molecule has 174 valence electrons. The molecule has 0 radical (unpaired) electrons. The Balaban J connectivity index is 1.36. The van der Waals surface area contributed by atoms with Crippen LogP contribution in [0.25, 0.3) is 10.2 Å². The number of anilines is 1. The molecule has 5 rings (SSSR count). The molecule has 0 spiro atoms. The van der Waals surface area contributed by atoms with E-state index in [9.17, 15) is 4.79 Å². The first-order valence-electron chi connectivity index (χ1n) is 11.4. The number of hydrogen-bond donors (Lipinski definition) is 0. The van der Waals surface area contributed by atoms with Gasteiger partial charge in [0.1, 0.15) is 0 Å². The number of benzene rings is 2. The van der Waals surface area contributed by atoms with Gasteiger partial charge in [0.05, 0.1) is 29.9 Å². The Morgan fingerprint density at radius 3 is 2.73 bits per heavy atom. The van der Waals surface area contributed by atoms with Gasteiger partial charge < -0.3 is 14.2 Å². The van der Waals surface area contributed by atoms with E-state index in [0.717, 1.165) is 65.9 Å². The predicted octanol–water partition coefficient (Wildman–Crippen LogP) is 3.94. The van der Waals surface area contributed by atoms with E-state index in [4.69, 9.17) is 19.2 Å². The molecular weight excluding hydrogens is 438 g/mol. The number of carbonyl (C=O) groups excluding carboxylic acids is 1. The summed E-state index contributed by atoms with van der Waals surface area (Å²) in [6, 6.07) is 9.98. The number of thiazole rings is 1. The highest BCUT2D eigenvalue weighted by atomic mass is 32.1. The van der Waals surface area contributed by atoms with Crippen LogP contribution in [0.5, 0.6) is 11.5 Å². The number of hydrogen-bond acceptors (Lipinski definition) is 7. The fraction of sp³-hybridized carbons (Fsp3) is 0.440. The Morgan fingerprint density at radius 1 is 1.09 bits per heavy atom. The molecule has 2 aromatic carbocycles. The number of fused-ring (bicyclic) bond motifs is 2. The van der Waals surface area contributed by atoms with Gasteiger partial charge in [-0.15, -0.1) is 0 Å². The van der Waals surface area contributed by atoms with Crippen LogP contribution in [0.15, 0.2) is 30.3 Å². The van der Waals surface area contributed by atoms with Gasteiger partial charge in [-0.2, -0.15) is 0 Å². The minimum Gasteiger partial charge on any atom is -0.454 e. The van der Waals surface area contributed by atoms with Crippen LogP contribution in [0.2, 0.25) is 0 Å². The topological polar surface area (TPSA) is 64.1 Å². The summed E-state index contributed by atoms with van der Waals surface area (Å²) in [5.74, 6) is 1.47. The third kappa shape index (κ3) is 4.98. The molecule has 0 unspecified atom stereocenters. The van der Waals surface area contributed by atoms with Gasteiger partial charge in [0.2, 0.25) is 12.7 Å². The molecule has 7 nitrogen and oxygen atoms in total. The fourth-order valence-electron chi connectivity index (χ4n) is 4.21. The van der Waals surface area contributed by atoms with Crippen molar-refractivity contribution in [1.82, 2.24) is 9.88 Å². The lowest BCUT2D eigenvalue weighted by Crippen LogP contribution is -2.39. The van der Waals surface area contributed by atoms with E-state index in [1.807, 2.05) is 23.1 Å². The molecule has 1 fully saturated rings. The number of aryl methyl sites for hydroxylation is 2. The Bertz CT molecular complexity index is 1120. The molecular formula is C25H29N3O4S. The number of ether oxygens (including phenoxy) is 3. The van der Waals surface area contributed by atoms with E-state index in [0.29, 0.717) is 18.7 Å². The second-order valence-corrected chi connectivity index (χ2v) is 9.63. The zero-order valence-electron chi connectivity index (χ0n) is 19.1. The molecule has 0 bridgehead atoms. The van der Waals surface area contributed by atoms with E-state index >= 15 is 0 Å². The van der Waals surface area contributed by atoms with Crippen molar-refractivity contribution in [3.05, 3.63) is 47.0 Å². The maximum atomic E-state index is 13.5. The molecule has 1 amide bonds. The standard InChI is InChI=1S/C25H29N3O4S/c1-17-12-20-23(13-18(17)2)33-25(26-20)28(7-3-6-27-8-10-30-11-9-27)24(29)15-19-4-5-21-22(14-19)32-16-31-21/h4-5,12-14H,3,6-11,15-16H2,1-2H3. The average Bonchev–Trinajstić information content (AvgIpc) is 3.44. The van der Waals surface area contributed by atoms with Crippen molar-refractivity contribution in [2.75, 3.05) is 51.1 Å². The third-order valence-electron chi connectivity index (χ3n) is 6.28. The summed E-state index contributed by atoms with van der Waals surface area (Å²) in [5.41, 5.74) is 4.32. The van der Waals surface area contributed by atoms with Crippen LogP contribution < -0.4 is 14.4 Å². The van der Waals surface area contributed by atoms with Crippen molar-refractivity contribution in [3.8, 4) is 11.5 Å². The lowest BCUT2D eigenvalue weighted by atomic mass is 10.1. The second kappa shape index (κ2) is 9.67. The molecule has 0 saturated carbocycles. The van der Waals surface area contributed by atoms with Crippen LogP contribution in [0, 0.1) is 13.8 Å². The van der Waals surface area contributed by atoms with Gasteiger partial charge in [0.25, 0.3) is 0 Å². The number of nitrogens with zero attached hydrogens (tertiary/aromatic N) is 3. The van der Waals surface area contributed by atoms with Crippen molar-refractivity contribution < 1.29 is 19.0 Å². The van der Waals surface area contributed by atoms with Crippen molar-refractivity contribution in [3.63, 3.8) is 0 Å². The van der Waals surface area contributed by atoms with Gasteiger partial charge in [-0.25, -0.2) is 4.98 Å². The predicted molar refractivity (Wildman–Crippen MR) is 130 cm³/mol. The molecule has 1 saturated heterocycles. The summed E-state index contributed by atoms with van der Waals surface area (Å²) in [6.07, 6.45) is 1.18. The number of amides is 1. The van der Waals surface area contributed by atoms with Gasteiger partial charge in [-0.1, -0.05) is 17.4 Å². The number of rotatable bonds is 7. The maximum absolute atomic E-state index is 13.5. The quantitative estimate of drug-likeness (QED) is 0.525. The number of aromatic nitrogens is 1. The zero-order chi connectivity index (χ0) is 22.8. The van der Waals surface area contributed by atoms with Crippen LogP contribution in [0.3, 0.4) is 0 Å². The molecule has 3 aromatic rings. The van der Waals surface area contributed by atoms with Gasteiger partial charge in [0, 0.05) is 26.2 Å². The normalized spacial score (nSPS) is 15.8. The monoisotopic (exact) mass is 467 g/mol. The van der Waals surface area contributed by atoms with Crippen molar-refractivity contribution in [2.45, 2.75) is 26.7 Å². The number of morpholine rings is 1. The van der Waals surface area contributed by atoms with Gasteiger partial charge in [-0.05, 0) is 61.2 Å². The lowest BCUT2D eigenvalue weighted by Gasteiger charge is -2.27. The van der Waals surface area contributed by atoms with Gasteiger partial charge >= 0.3 is 0 Å². The highest BCUT2D eigenvalue weighted by Gasteiger charge is 2.22. The Hall–Kier alpha value is -2.68. The van der Waals surface area contributed by atoms with E-state index in [-0.39, 0.29) is 12.7 Å². The first kappa shape index (κ1) is 22.1. The van der Waals surface area contributed by atoms with E-state index in [1.54, 1.807) is 11.3 Å². The third-order valence-corrected chi connectivity index (χ3v) is 7.32. The minimum absolute atomic E-state index is 0.0448. The fourth-order valence-corrected chi connectivity index (χ4v) is 5.30. The van der Waals surface area contributed by atoms with Gasteiger partial charge in [0.15, 0.2) is 16.6 Å². The Morgan fingerprint density at radius 2 is 1.88 bits per heavy atom. The van der Waals surface area contributed by atoms with E-state index in [2.05, 4.69) is 30.9 Å². The summed E-state index contributed by atoms with van der Waals surface area (Å²) in [4.78, 5) is 22.6. The van der Waals surface area contributed by atoms with Crippen LogP contribution in [0.4, 0.5) is 5.13 Å². The minimum atomic E-state index is 0.0448. The van der Waals surface area contributed by atoms with Crippen molar-refractivity contribution in [1.29, 1.82) is 0 Å². The van der Waals surface area contributed by atoms with Gasteiger partial charge in [-0.3, -0.25) is 14.6 Å². The van der Waals surface area contributed by atoms with E-state index < -0.39 is 0 Å². The SMILES string of the molecule is Cc1cc2nc(N(CCCN3CCOCC3)C(=O)Cc3ccc4c(c3)OCO4)sc2cc1C. The average molecular weight is 468 g/mol. The molecule has 0 N–H and O–H groups in total. The largest absolute Gasteiger partial charge is 0.454 e. The molecule has 0 aliphatic carbocycles. The second-order valence-electron chi connectivity index (χ2n) is 8.62. The molecule has 8 heteroatoms. The first-order valence-corrected chi connectivity index (χ1v) is 12.3. The number of carbonyl (C=O) groups is 1. The van der Waals surface area contributed by atoms with Crippen LogP contribution in [-0.2, 0) is 16.0 Å². The maximum Gasteiger partial charge on any atom is 0.233 e. The van der Waals surface area contributed by atoms with Crippen LogP contribution >= 0.6 is 11.3 Å². The molecule has 3 heterocycles. The molecule has 33 heavy (non-hydrogen) atoms. The van der Waals surface area contributed by atoms with Crippen molar-refractivity contribution in [2.24, 2.45) is 0 Å². The summed E-state index contributed by atoms with van der Waals surface area (Å²) < 4.78 is 17.5. The zero-order valence-corrected chi connectivity index (χ0v) is 20.0. The summed E-state index contributed by atoms with van der Waals surface area (Å²) in [7, 11) is 0. The molecule has 1 aromatic heterocycles. The Kier molecular flexibility index (Phi) is 6.48. The van der Waals surface area contributed by atoms with E-state index in [1.165, 1.54) is 11.1 Å². The first-order chi connectivity index (χ1) is 16.1. The van der Waals surface area contributed by atoms with Crippen molar-refractivity contribution >= 4 is 32.6 Å². The Labute approximate surface area is 197 Å². The lowest BCUT2D eigenvalue weighted by molar-refractivity contribution is -0.118. The smallest absolute Gasteiger partial charge is 0.233 e. The van der Waals surface area contributed by atoms with Crippen LogP contribution in [0.1, 0.15) is 23.1 Å². The molecule has 2 aliphatic heterocycles. The highest BCUT2D eigenvalue weighted by Crippen LogP contribution is 2.34. The summed E-state index contributed by atoms with van der Waals surface area (Å²) in [6.45, 7) is 9.48.